The molecule has 2 bridgehead atoms. The zero-order chi connectivity index (χ0) is 30.7. The van der Waals surface area contributed by atoms with Crippen molar-refractivity contribution in [3.63, 3.8) is 0 Å². The molecule has 3 aliphatic rings. The van der Waals surface area contributed by atoms with Crippen LogP contribution >= 0.6 is 11.8 Å². The van der Waals surface area contributed by atoms with Gasteiger partial charge in [0.05, 0.1) is 11.7 Å². The number of pyridine rings is 1. The van der Waals surface area contributed by atoms with E-state index in [1.54, 1.807) is 12.4 Å². The number of carbonyl (C=O) groups is 1. The Morgan fingerprint density at radius 1 is 1.07 bits per heavy atom. The van der Waals surface area contributed by atoms with Gasteiger partial charge in [-0.3, -0.25) is 14.9 Å². The summed E-state index contributed by atoms with van der Waals surface area (Å²) in [5.41, 5.74) is 3.93. The number of carbonyl (C=O) groups excluding carboxylic acids is 1. The lowest BCUT2D eigenvalue weighted by molar-refractivity contribution is -0.0422. The van der Waals surface area contributed by atoms with Crippen molar-refractivity contribution in [2.45, 2.75) is 81.6 Å². The second kappa shape index (κ2) is 12.8. The molecule has 0 saturated heterocycles. The van der Waals surface area contributed by atoms with Gasteiger partial charge in [0.1, 0.15) is 0 Å². The van der Waals surface area contributed by atoms with Crippen molar-refractivity contribution >= 4 is 17.5 Å². The third-order valence-corrected chi connectivity index (χ3v) is 10.9. The van der Waals surface area contributed by atoms with Crippen LogP contribution in [0.4, 0.5) is 0 Å². The first-order valence-corrected chi connectivity index (χ1v) is 16.5. The number of thioether (sulfide) groups is 1. The molecule has 0 unspecified atom stereocenters. The van der Waals surface area contributed by atoms with Gasteiger partial charge in [-0.05, 0) is 87.1 Å². The van der Waals surface area contributed by atoms with Crippen LogP contribution in [0.25, 0.3) is 11.4 Å². The van der Waals surface area contributed by atoms with Crippen molar-refractivity contribution in [3.05, 3.63) is 107 Å². The van der Waals surface area contributed by atoms with E-state index in [2.05, 4.69) is 52.2 Å². The number of aliphatic hydroxyl groups excluding tert-OH is 1. The van der Waals surface area contributed by atoms with Crippen LogP contribution in [0.2, 0.25) is 0 Å². The van der Waals surface area contributed by atoms with Gasteiger partial charge in [-0.1, -0.05) is 72.8 Å². The zero-order valence-electron chi connectivity index (χ0n) is 25.4. The van der Waals surface area contributed by atoms with E-state index in [-0.39, 0.29) is 11.7 Å². The molecule has 7 rings (SSSR count). The van der Waals surface area contributed by atoms with E-state index < -0.39 is 17.1 Å². The van der Waals surface area contributed by atoms with E-state index in [0.29, 0.717) is 47.1 Å². The van der Waals surface area contributed by atoms with Crippen molar-refractivity contribution in [2.24, 2.45) is 5.41 Å². The van der Waals surface area contributed by atoms with Crippen molar-refractivity contribution in [1.29, 1.82) is 0 Å². The largest absolute Gasteiger partial charge is 0.393 e. The predicted octanol–water partition coefficient (Wildman–Crippen LogP) is 6.93. The first-order valence-electron chi connectivity index (χ1n) is 15.5. The second-order valence-electron chi connectivity index (χ2n) is 12.6. The van der Waals surface area contributed by atoms with Crippen LogP contribution in [0.15, 0.2) is 89.9 Å². The summed E-state index contributed by atoms with van der Waals surface area (Å²) in [5, 5.41) is 31.4. The number of benzene rings is 2. The summed E-state index contributed by atoms with van der Waals surface area (Å²) >= 11 is 1.47. The molecule has 44 heavy (non-hydrogen) atoms. The molecule has 8 heteroatoms. The number of aromatic amines is 1. The van der Waals surface area contributed by atoms with Gasteiger partial charge in [0.2, 0.25) is 5.16 Å². The lowest BCUT2D eigenvalue weighted by Crippen LogP contribution is -2.46. The number of ketones is 1. The third-order valence-electron chi connectivity index (χ3n) is 9.81. The molecule has 0 amide bonds. The highest BCUT2D eigenvalue weighted by Crippen LogP contribution is 2.59. The molecule has 2 aromatic carbocycles. The minimum absolute atomic E-state index is 0.0173. The minimum Gasteiger partial charge on any atom is -0.393 e. The van der Waals surface area contributed by atoms with Gasteiger partial charge in [-0.15, -0.1) is 5.10 Å². The van der Waals surface area contributed by atoms with Gasteiger partial charge < -0.3 is 10.2 Å². The Kier molecular flexibility index (Phi) is 8.85. The summed E-state index contributed by atoms with van der Waals surface area (Å²) in [6.07, 6.45) is 10.2. The first kappa shape index (κ1) is 30.4. The molecule has 1 fully saturated rings. The molecule has 3 aliphatic carbocycles. The Labute approximate surface area is 263 Å². The molecule has 228 valence electrons. The lowest BCUT2D eigenvalue weighted by Gasteiger charge is -2.44. The van der Waals surface area contributed by atoms with Crippen LogP contribution in [-0.4, -0.2) is 53.6 Å². The van der Waals surface area contributed by atoms with Gasteiger partial charge in [0.15, 0.2) is 11.6 Å². The molecule has 0 spiro atoms. The predicted molar refractivity (Wildman–Crippen MR) is 174 cm³/mol. The average Bonchev–Trinajstić information content (AvgIpc) is 3.62. The minimum atomic E-state index is -0.999. The van der Waals surface area contributed by atoms with E-state index in [1.807, 2.05) is 48.5 Å². The van der Waals surface area contributed by atoms with Crippen LogP contribution in [0.1, 0.15) is 85.3 Å². The summed E-state index contributed by atoms with van der Waals surface area (Å²) in [7, 11) is 0. The normalized spacial score (nSPS) is 25.7. The van der Waals surface area contributed by atoms with E-state index in [0.717, 1.165) is 42.4 Å². The Morgan fingerprint density at radius 3 is 2.66 bits per heavy atom. The molecule has 2 aromatic heterocycles. The Hall–Kier alpha value is -3.59. The molecule has 4 aromatic rings. The highest BCUT2D eigenvalue weighted by molar-refractivity contribution is 7.99. The fraction of sp³-hybridized carbons (Fsp3) is 0.389. The van der Waals surface area contributed by atoms with Crippen molar-refractivity contribution in [2.75, 3.05) is 5.75 Å². The van der Waals surface area contributed by atoms with Crippen LogP contribution in [0.3, 0.4) is 0 Å². The van der Waals surface area contributed by atoms with Crippen LogP contribution in [0.5, 0.6) is 0 Å². The zero-order valence-corrected chi connectivity index (χ0v) is 26.2. The molecule has 4 atom stereocenters. The number of hydrogen-bond acceptors (Lipinski definition) is 7. The summed E-state index contributed by atoms with van der Waals surface area (Å²) in [6, 6.07) is 19.3. The van der Waals surface area contributed by atoms with Gasteiger partial charge in [0, 0.05) is 40.3 Å². The quantitative estimate of drug-likeness (QED) is 0.124. The number of aromatic nitrogens is 4. The summed E-state index contributed by atoms with van der Waals surface area (Å²) < 4.78 is 0. The fourth-order valence-corrected chi connectivity index (χ4v) is 8.16. The molecule has 7 nitrogen and oxygen atoms in total. The molecule has 0 radical (unpaired) electrons. The number of allylic oxidation sites excluding steroid dienone is 2. The van der Waals surface area contributed by atoms with Crippen LogP contribution in [0, 0.1) is 5.41 Å². The highest BCUT2D eigenvalue weighted by atomic mass is 32.2. The summed E-state index contributed by atoms with van der Waals surface area (Å²) in [6.45, 7) is 4.33. The van der Waals surface area contributed by atoms with E-state index in [4.69, 9.17) is 0 Å². The number of H-pyrrole nitrogens is 1. The average molecular weight is 609 g/mol. The maximum absolute atomic E-state index is 14.0. The smallest absolute Gasteiger partial charge is 0.208 e. The Balaban J connectivity index is 1.36. The first-order chi connectivity index (χ1) is 21.3. The molecule has 0 aliphatic heterocycles. The fourth-order valence-electron chi connectivity index (χ4n) is 7.05. The van der Waals surface area contributed by atoms with Gasteiger partial charge in [-0.2, -0.15) is 0 Å². The Bertz CT molecular complexity index is 1640. The van der Waals surface area contributed by atoms with E-state index in [9.17, 15) is 15.0 Å². The number of nitrogens with one attached hydrogen (secondary N) is 1. The van der Waals surface area contributed by atoms with Gasteiger partial charge >= 0.3 is 0 Å². The number of nitrogens with zero attached hydrogens (tertiary/aromatic N) is 3. The van der Waals surface area contributed by atoms with Crippen molar-refractivity contribution in [1.82, 2.24) is 20.2 Å². The standard InChI is InChI=1S/C36H40N4O3S/c1-24-7-6-17-35(2)31(14-18-36(35,43)23-44-34-38-33(39-40-34)27-15-19-37-20-16-27)29-13-11-25(21-28(41)12-10-24)22-30(29)32(42)26-8-4-3-5-9-26/h3-5,7-9,11,13,15-16,19-20,22,28,31,41,43H,6,10,12,14,17-18,21,23H2,1-2H3,(H,38,39,40)/t28-,31-,35-,36+/m0/s1. The number of rotatable bonds is 6. The van der Waals surface area contributed by atoms with Crippen molar-refractivity contribution < 1.29 is 15.0 Å². The molecule has 2 heterocycles. The lowest BCUT2D eigenvalue weighted by atomic mass is 9.65. The Morgan fingerprint density at radius 2 is 1.86 bits per heavy atom. The van der Waals surface area contributed by atoms with Crippen molar-refractivity contribution in [3.8, 4) is 11.4 Å². The summed E-state index contributed by atoms with van der Waals surface area (Å²) in [4.78, 5) is 22.8. The molecule has 1 saturated carbocycles. The maximum atomic E-state index is 14.0. The molecular formula is C36H40N4O3S. The third kappa shape index (κ3) is 6.16. The molecule has 3 N–H and O–H groups in total. The topological polar surface area (TPSA) is 112 Å². The second-order valence-corrected chi connectivity index (χ2v) is 13.6. The number of hydrogen-bond donors (Lipinski definition) is 3. The van der Waals surface area contributed by atoms with Gasteiger partial charge in [-0.25, -0.2) is 4.98 Å². The van der Waals surface area contributed by atoms with E-state index in [1.165, 1.54) is 17.3 Å². The number of aliphatic hydroxyl groups is 2. The maximum Gasteiger partial charge on any atom is 0.208 e. The van der Waals surface area contributed by atoms with E-state index >= 15 is 0 Å². The monoisotopic (exact) mass is 608 g/mol. The SMILES string of the molecule is CC1=CCC[C@@]2(C)[C@@H](CC[C@@]2(O)CSc2n[nH]c(-c3ccncc3)n2)c2ccc(cc2C(=O)c2ccccc2)C[C@@H](O)CC1. The highest BCUT2D eigenvalue weighted by Gasteiger charge is 2.56. The van der Waals surface area contributed by atoms with Gasteiger partial charge in [0.25, 0.3) is 0 Å². The van der Waals surface area contributed by atoms with Crippen LogP contribution < -0.4 is 0 Å². The number of fused-ring (bicyclic) bond motifs is 8. The van der Waals surface area contributed by atoms with Crippen LogP contribution in [-0.2, 0) is 6.42 Å². The summed E-state index contributed by atoms with van der Waals surface area (Å²) in [5.74, 6) is 1.08. The molecular weight excluding hydrogens is 568 g/mol.